The highest BCUT2D eigenvalue weighted by atomic mass is 32.2. The van der Waals surface area contributed by atoms with Gasteiger partial charge in [0.05, 0.1) is 34.9 Å². The Hall–Kier alpha value is -3.41. The summed E-state index contributed by atoms with van der Waals surface area (Å²) in [7, 11) is -1.86. The molecule has 1 aliphatic rings. The molecule has 0 bridgehead atoms. The van der Waals surface area contributed by atoms with Crippen LogP contribution in [0.25, 0.3) is 5.69 Å². The largest absolute Gasteiger partial charge is 0.390 e. The van der Waals surface area contributed by atoms with Crippen LogP contribution in [0.3, 0.4) is 0 Å². The van der Waals surface area contributed by atoms with E-state index in [0.29, 0.717) is 11.1 Å². The first-order valence-electron chi connectivity index (χ1n) is 9.71. The van der Waals surface area contributed by atoms with E-state index in [1.165, 1.54) is 11.9 Å². The number of aliphatic hydroxyl groups is 1. The molecular formula is C23H21N3O4S. The molecule has 8 heteroatoms. The third-order valence-electron chi connectivity index (χ3n) is 5.22. The van der Waals surface area contributed by atoms with Gasteiger partial charge in [0.1, 0.15) is 0 Å². The monoisotopic (exact) mass is 435 g/mol. The first-order valence-corrected chi connectivity index (χ1v) is 11.5. The fourth-order valence-corrected chi connectivity index (χ4v) is 5.42. The first-order chi connectivity index (χ1) is 14.8. The maximum Gasteiger partial charge on any atom is 0.254 e. The molecular weight excluding hydrogens is 414 g/mol. The predicted octanol–water partition coefficient (Wildman–Crippen LogP) is 1.50. The topological polar surface area (TPSA) is 92.5 Å². The number of hydrogen-bond acceptors (Lipinski definition) is 5. The predicted molar refractivity (Wildman–Crippen MR) is 117 cm³/mol. The molecule has 0 radical (unpaired) electrons. The Morgan fingerprint density at radius 3 is 2.55 bits per heavy atom. The second-order valence-corrected chi connectivity index (χ2v) is 9.58. The maximum absolute atomic E-state index is 13.1. The molecule has 158 valence electrons. The Bertz CT molecular complexity index is 1260. The molecule has 1 fully saturated rings. The molecule has 1 aromatic heterocycles. The van der Waals surface area contributed by atoms with E-state index in [0.717, 1.165) is 11.3 Å². The summed E-state index contributed by atoms with van der Waals surface area (Å²) in [5.41, 5.74) is 2.51. The van der Waals surface area contributed by atoms with Crippen LogP contribution in [0.5, 0.6) is 0 Å². The lowest BCUT2D eigenvalue weighted by atomic mass is 10.1. The minimum Gasteiger partial charge on any atom is -0.390 e. The smallest absolute Gasteiger partial charge is 0.254 e. The van der Waals surface area contributed by atoms with Gasteiger partial charge in [-0.15, -0.1) is 0 Å². The zero-order valence-corrected chi connectivity index (χ0v) is 17.7. The van der Waals surface area contributed by atoms with Crippen molar-refractivity contribution in [1.82, 2.24) is 14.7 Å². The van der Waals surface area contributed by atoms with Crippen molar-refractivity contribution < 1.29 is 18.3 Å². The Morgan fingerprint density at radius 1 is 1.13 bits per heavy atom. The van der Waals surface area contributed by atoms with E-state index in [1.54, 1.807) is 41.3 Å². The lowest BCUT2D eigenvalue weighted by molar-refractivity contribution is 0.0581. The highest BCUT2D eigenvalue weighted by molar-refractivity contribution is 7.91. The number of aromatic nitrogens is 2. The molecule has 2 heterocycles. The highest BCUT2D eigenvalue weighted by Crippen LogP contribution is 2.21. The summed E-state index contributed by atoms with van der Waals surface area (Å²) >= 11 is 0. The summed E-state index contributed by atoms with van der Waals surface area (Å²) in [5, 5.41) is 14.4. The van der Waals surface area contributed by atoms with Gasteiger partial charge in [0.15, 0.2) is 9.84 Å². The van der Waals surface area contributed by atoms with Gasteiger partial charge in [-0.05, 0) is 36.4 Å². The van der Waals surface area contributed by atoms with Crippen molar-refractivity contribution in [2.45, 2.75) is 12.1 Å². The second-order valence-electron chi connectivity index (χ2n) is 7.43. The van der Waals surface area contributed by atoms with Gasteiger partial charge in [0.2, 0.25) is 0 Å². The maximum atomic E-state index is 13.1. The van der Waals surface area contributed by atoms with Gasteiger partial charge in [0, 0.05) is 30.6 Å². The SMILES string of the molecule is CN(C(=O)c1ccc(-n2cccn2)c(C#Cc2ccccc2)c1)[C@@H]1CS(=O)(=O)C[C@H]1O. The number of rotatable bonds is 3. The van der Waals surface area contributed by atoms with Crippen LogP contribution in [-0.2, 0) is 9.84 Å². The average molecular weight is 436 g/mol. The number of nitrogens with zero attached hydrogens (tertiary/aromatic N) is 3. The lowest BCUT2D eigenvalue weighted by Crippen LogP contribution is -2.44. The van der Waals surface area contributed by atoms with Crippen molar-refractivity contribution in [3.8, 4) is 17.5 Å². The summed E-state index contributed by atoms with van der Waals surface area (Å²) in [6.07, 6.45) is 2.35. The summed E-state index contributed by atoms with van der Waals surface area (Å²) < 4.78 is 25.3. The number of likely N-dealkylation sites (N-methyl/N-ethyl adjacent to an activating group) is 1. The molecule has 0 unspecified atom stereocenters. The molecule has 7 nitrogen and oxygen atoms in total. The van der Waals surface area contributed by atoms with Gasteiger partial charge in [0.25, 0.3) is 5.91 Å². The lowest BCUT2D eigenvalue weighted by Gasteiger charge is -2.26. The van der Waals surface area contributed by atoms with Gasteiger partial charge in [-0.25, -0.2) is 13.1 Å². The standard InChI is InChI=1S/C23H21N3O4S/c1-25(21-15-31(29,30)16-22(21)27)23(28)19-10-11-20(26-13-5-12-24-26)18(14-19)9-8-17-6-3-2-4-7-17/h2-7,10-14,21-22,27H,15-16H2,1H3/t21-,22-/m1/s1. The number of carbonyl (C=O) groups is 1. The van der Waals surface area contributed by atoms with Crippen molar-refractivity contribution >= 4 is 15.7 Å². The van der Waals surface area contributed by atoms with E-state index in [2.05, 4.69) is 16.9 Å². The molecule has 4 rings (SSSR count). The fraction of sp³-hybridized carbons (Fsp3) is 0.217. The first kappa shape index (κ1) is 20.8. The van der Waals surface area contributed by atoms with Gasteiger partial charge in [-0.1, -0.05) is 30.0 Å². The van der Waals surface area contributed by atoms with E-state index >= 15 is 0 Å². The zero-order chi connectivity index (χ0) is 22.0. The van der Waals surface area contributed by atoms with Crippen molar-refractivity contribution in [2.24, 2.45) is 0 Å². The quantitative estimate of drug-likeness (QED) is 0.630. The molecule has 3 aromatic rings. The number of amides is 1. The molecule has 31 heavy (non-hydrogen) atoms. The van der Waals surface area contributed by atoms with Crippen LogP contribution in [-0.4, -0.2) is 64.8 Å². The van der Waals surface area contributed by atoms with Gasteiger partial charge < -0.3 is 10.0 Å². The van der Waals surface area contributed by atoms with Crippen LogP contribution in [0, 0.1) is 11.8 Å². The van der Waals surface area contributed by atoms with Crippen LogP contribution in [0.2, 0.25) is 0 Å². The van der Waals surface area contributed by atoms with Crippen molar-refractivity contribution in [2.75, 3.05) is 18.6 Å². The molecule has 2 aromatic carbocycles. The summed E-state index contributed by atoms with van der Waals surface area (Å²) in [4.78, 5) is 14.4. The van der Waals surface area contributed by atoms with Crippen molar-refractivity contribution in [1.29, 1.82) is 0 Å². The van der Waals surface area contributed by atoms with Crippen LogP contribution < -0.4 is 0 Å². The minimum atomic E-state index is -3.37. The Labute approximate surface area is 180 Å². The van der Waals surface area contributed by atoms with Gasteiger partial charge >= 0.3 is 0 Å². The Kier molecular flexibility index (Phi) is 5.63. The Morgan fingerprint density at radius 2 is 1.90 bits per heavy atom. The summed E-state index contributed by atoms with van der Waals surface area (Å²) in [6, 6.07) is 15.6. The van der Waals surface area contributed by atoms with Crippen LogP contribution in [0.1, 0.15) is 21.5 Å². The Balaban J connectivity index is 1.69. The molecule has 2 atom stereocenters. The van der Waals surface area contributed by atoms with E-state index < -0.39 is 22.0 Å². The number of carbonyl (C=O) groups excluding carboxylic acids is 1. The van der Waals surface area contributed by atoms with Gasteiger partial charge in [-0.3, -0.25) is 4.79 Å². The van der Waals surface area contributed by atoms with Gasteiger partial charge in [-0.2, -0.15) is 5.10 Å². The minimum absolute atomic E-state index is 0.248. The third kappa shape index (κ3) is 4.53. The zero-order valence-electron chi connectivity index (χ0n) is 16.8. The molecule has 0 spiro atoms. The number of sulfone groups is 1. The average Bonchev–Trinajstić information content (AvgIpc) is 3.39. The van der Waals surface area contributed by atoms with E-state index in [4.69, 9.17) is 0 Å². The van der Waals surface area contributed by atoms with Crippen LogP contribution >= 0.6 is 0 Å². The fourth-order valence-electron chi connectivity index (χ4n) is 3.58. The number of aliphatic hydroxyl groups excluding tert-OH is 1. The highest BCUT2D eigenvalue weighted by Gasteiger charge is 2.40. The molecule has 1 aliphatic heterocycles. The summed E-state index contributed by atoms with van der Waals surface area (Å²) in [6.45, 7) is 0. The number of benzene rings is 2. The summed E-state index contributed by atoms with van der Waals surface area (Å²) in [5.74, 6) is 5.25. The van der Waals surface area contributed by atoms with E-state index in [1.807, 2.05) is 30.3 Å². The van der Waals surface area contributed by atoms with E-state index in [-0.39, 0.29) is 17.4 Å². The molecule has 1 saturated heterocycles. The number of hydrogen-bond donors (Lipinski definition) is 1. The van der Waals surface area contributed by atoms with Crippen LogP contribution in [0.15, 0.2) is 67.0 Å². The second kappa shape index (κ2) is 8.38. The molecule has 0 aliphatic carbocycles. The normalized spacial score (nSPS) is 19.4. The van der Waals surface area contributed by atoms with Crippen molar-refractivity contribution in [3.63, 3.8) is 0 Å². The molecule has 1 N–H and O–H groups in total. The third-order valence-corrected chi connectivity index (χ3v) is 6.92. The molecule has 1 amide bonds. The molecule has 0 saturated carbocycles. The van der Waals surface area contributed by atoms with E-state index in [9.17, 15) is 18.3 Å². The van der Waals surface area contributed by atoms with Crippen LogP contribution in [0.4, 0.5) is 0 Å². The van der Waals surface area contributed by atoms with Crippen molar-refractivity contribution in [3.05, 3.63) is 83.7 Å².